The molecule has 0 radical (unpaired) electrons. The van der Waals surface area contributed by atoms with Crippen LogP contribution in [0.4, 0.5) is 0 Å². The standard InChI is InChI=1S/C15H10ClN3O2/c1-8-14(16)18-9(2)19-15(8)21-13-10-5-3-4-6-11(10)20-12(13)7-17/h3-6H,1-2H3. The summed E-state index contributed by atoms with van der Waals surface area (Å²) in [4.78, 5) is 8.28. The first-order valence-corrected chi connectivity index (χ1v) is 6.58. The van der Waals surface area contributed by atoms with Gasteiger partial charge in [-0.2, -0.15) is 10.2 Å². The second kappa shape index (κ2) is 5.08. The van der Waals surface area contributed by atoms with Gasteiger partial charge in [0.2, 0.25) is 11.6 Å². The number of rotatable bonds is 2. The molecule has 3 aromatic rings. The highest BCUT2D eigenvalue weighted by Gasteiger charge is 2.18. The first kappa shape index (κ1) is 13.4. The predicted octanol–water partition coefficient (Wildman–Crippen LogP) is 4.16. The Hall–Kier alpha value is -2.58. The van der Waals surface area contributed by atoms with E-state index in [9.17, 15) is 5.26 Å². The van der Waals surface area contributed by atoms with E-state index in [0.29, 0.717) is 39.1 Å². The van der Waals surface area contributed by atoms with Crippen LogP contribution < -0.4 is 4.74 Å². The first-order valence-electron chi connectivity index (χ1n) is 6.20. The normalized spacial score (nSPS) is 10.6. The van der Waals surface area contributed by atoms with Gasteiger partial charge in [0.15, 0.2) is 5.75 Å². The number of halogens is 1. The molecule has 0 atom stereocenters. The van der Waals surface area contributed by atoms with E-state index < -0.39 is 0 Å². The van der Waals surface area contributed by atoms with Gasteiger partial charge >= 0.3 is 0 Å². The summed E-state index contributed by atoms with van der Waals surface area (Å²) in [6.45, 7) is 3.47. The zero-order chi connectivity index (χ0) is 15.0. The number of nitrogens with zero attached hydrogens (tertiary/aromatic N) is 3. The van der Waals surface area contributed by atoms with Crippen molar-refractivity contribution in [2.24, 2.45) is 0 Å². The molecule has 5 nitrogen and oxygen atoms in total. The summed E-state index contributed by atoms with van der Waals surface area (Å²) >= 11 is 6.03. The van der Waals surface area contributed by atoms with Gasteiger partial charge in [0.05, 0.1) is 5.39 Å². The number of furan rings is 1. The molecule has 0 unspecified atom stereocenters. The molecule has 1 aromatic carbocycles. The van der Waals surface area contributed by atoms with Crippen LogP contribution in [0.3, 0.4) is 0 Å². The van der Waals surface area contributed by atoms with Crippen LogP contribution in [-0.4, -0.2) is 9.97 Å². The summed E-state index contributed by atoms with van der Waals surface area (Å²) in [5.74, 6) is 1.25. The Morgan fingerprint density at radius 1 is 1.24 bits per heavy atom. The zero-order valence-electron chi connectivity index (χ0n) is 11.3. The number of aromatic nitrogens is 2. The number of nitriles is 1. The Morgan fingerprint density at radius 3 is 2.76 bits per heavy atom. The van der Waals surface area contributed by atoms with Crippen LogP contribution in [0.1, 0.15) is 17.1 Å². The first-order chi connectivity index (χ1) is 10.1. The van der Waals surface area contributed by atoms with Gasteiger partial charge in [-0.05, 0) is 26.0 Å². The summed E-state index contributed by atoms with van der Waals surface area (Å²) < 4.78 is 11.3. The highest BCUT2D eigenvalue weighted by molar-refractivity contribution is 6.30. The summed E-state index contributed by atoms with van der Waals surface area (Å²) in [5, 5.41) is 10.2. The third kappa shape index (κ3) is 2.30. The van der Waals surface area contributed by atoms with Crippen LogP contribution in [0.25, 0.3) is 11.0 Å². The number of fused-ring (bicyclic) bond motifs is 1. The third-order valence-electron chi connectivity index (χ3n) is 3.00. The minimum Gasteiger partial charge on any atom is -0.442 e. The molecule has 0 aliphatic carbocycles. The van der Waals surface area contributed by atoms with Gasteiger partial charge in [-0.25, -0.2) is 4.98 Å². The van der Waals surface area contributed by atoms with E-state index in [2.05, 4.69) is 9.97 Å². The summed E-state index contributed by atoms with van der Waals surface area (Å²) in [6, 6.07) is 9.25. The molecule has 0 N–H and O–H groups in total. The second-order valence-electron chi connectivity index (χ2n) is 4.46. The topological polar surface area (TPSA) is 71.9 Å². The highest BCUT2D eigenvalue weighted by atomic mass is 35.5. The second-order valence-corrected chi connectivity index (χ2v) is 4.82. The smallest absolute Gasteiger partial charge is 0.247 e. The Bertz CT molecular complexity index is 880. The number of ether oxygens (including phenoxy) is 1. The largest absolute Gasteiger partial charge is 0.442 e. The minimum atomic E-state index is 0.1000. The quantitative estimate of drug-likeness (QED) is 0.664. The molecule has 0 fully saturated rings. The van der Waals surface area contributed by atoms with Crippen molar-refractivity contribution in [1.82, 2.24) is 9.97 Å². The maximum absolute atomic E-state index is 9.19. The van der Waals surface area contributed by atoms with Crippen LogP contribution in [0.15, 0.2) is 28.7 Å². The molecular formula is C15H10ClN3O2. The van der Waals surface area contributed by atoms with Crippen LogP contribution in [0.5, 0.6) is 11.6 Å². The Balaban J connectivity index is 2.17. The number of para-hydroxylation sites is 1. The average Bonchev–Trinajstić information content (AvgIpc) is 2.82. The van der Waals surface area contributed by atoms with Crippen molar-refractivity contribution in [3.63, 3.8) is 0 Å². The van der Waals surface area contributed by atoms with Gasteiger partial charge in [-0.15, -0.1) is 0 Å². The van der Waals surface area contributed by atoms with Crippen molar-refractivity contribution in [3.8, 4) is 17.7 Å². The predicted molar refractivity (Wildman–Crippen MR) is 77.5 cm³/mol. The lowest BCUT2D eigenvalue weighted by molar-refractivity contribution is 0.444. The minimum absolute atomic E-state index is 0.1000. The highest BCUT2D eigenvalue weighted by Crippen LogP contribution is 2.36. The molecule has 3 rings (SSSR count). The van der Waals surface area contributed by atoms with Crippen molar-refractivity contribution in [3.05, 3.63) is 46.6 Å². The lowest BCUT2D eigenvalue weighted by atomic mass is 10.2. The van der Waals surface area contributed by atoms with E-state index in [1.165, 1.54) is 0 Å². The molecule has 2 aromatic heterocycles. The molecule has 0 aliphatic heterocycles. The van der Waals surface area contributed by atoms with Gasteiger partial charge < -0.3 is 9.15 Å². The van der Waals surface area contributed by atoms with Crippen LogP contribution in [0.2, 0.25) is 5.15 Å². The lowest BCUT2D eigenvalue weighted by Gasteiger charge is -2.08. The Kier molecular flexibility index (Phi) is 3.24. The van der Waals surface area contributed by atoms with Crippen molar-refractivity contribution < 1.29 is 9.15 Å². The van der Waals surface area contributed by atoms with Gasteiger partial charge in [0, 0.05) is 5.56 Å². The molecule has 21 heavy (non-hydrogen) atoms. The van der Waals surface area contributed by atoms with Crippen molar-refractivity contribution in [1.29, 1.82) is 5.26 Å². The molecule has 0 saturated carbocycles. The number of aryl methyl sites for hydroxylation is 1. The van der Waals surface area contributed by atoms with E-state index in [1.807, 2.05) is 24.3 Å². The lowest BCUT2D eigenvalue weighted by Crippen LogP contribution is -1.98. The SMILES string of the molecule is Cc1nc(Cl)c(C)c(Oc2c(C#N)oc3ccccc23)n1. The fourth-order valence-corrected chi connectivity index (χ4v) is 2.17. The molecule has 0 bridgehead atoms. The van der Waals surface area contributed by atoms with Gasteiger partial charge in [0.1, 0.15) is 22.6 Å². The van der Waals surface area contributed by atoms with Crippen LogP contribution in [0, 0.1) is 25.2 Å². The fraction of sp³-hybridized carbons (Fsp3) is 0.133. The van der Waals surface area contributed by atoms with Crippen molar-refractivity contribution in [2.75, 3.05) is 0 Å². The molecule has 0 spiro atoms. The van der Waals surface area contributed by atoms with Gasteiger partial charge in [0.25, 0.3) is 0 Å². The summed E-state index contributed by atoms with van der Waals surface area (Å²) in [6.07, 6.45) is 0. The zero-order valence-corrected chi connectivity index (χ0v) is 12.1. The van der Waals surface area contributed by atoms with E-state index in [1.54, 1.807) is 19.9 Å². The van der Waals surface area contributed by atoms with Crippen molar-refractivity contribution in [2.45, 2.75) is 13.8 Å². The molecular weight excluding hydrogens is 290 g/mol. The Morgan fingerprint density at radius 2 is 2.00 bits per heavy atom. The van der Waals surface area contributed by atoms with Gasteiger partial charge in [-0.3, -0.25) is 0 Å². The third-order valence-corrected chi connectivity index (χ3v) is 3.37. The summed E-state index contributed by atoms with van der Waals surface area (Å²) in [5.41, 5.74) is 1.19. The molecule has 0 aliphatic rings. The Labute approximate surface area is 125 Å². The van der Waals surface area contributed by atoms with Crippen LogP contribution >= 0.6 is 11.6 Å². The number of benzene rings is 1. The number of hydrogen-bond donors (Lipinski definition) is 0. The van der Waals surface area contributed by atoms with E-state index in [-0.39, 0.29) is 5.76 Å². The number of hydrogen-bond acceptors (Lipinski definition) is 5. The molecule has 2 heterocycles. The van der Waals surface area contributed by atoms with Gasteiger partial charge in [-0.1, -0.05) is 23.7 Å². The van der Waals surface area contributed by atoms with E-state index in [0.717, 1.165) is 0 Å². The van der Waals surface area contributed by atoms with Crippen LogP contribution in [-0.2, 0) is 0 Å². The maximum atomic E-state index is 9.19. The molecule has 0 amide bonds. The van der Waals surface area contributed by atoms with E-state index in [4.69, 9.17) is 20.8 Å². The summed E-state index contributed by atoms with van der Waals surface area (Å²) in [7, 11) is 0. The average molecular weight is 300 g/mol. The maximum Gasteiger partial charge on any atom is 0.247 e. The molecule has 104 valence electrons. The molecule has 0 saturated heterocycles. The molecule has 6 heteroatoms. The monoisotopic (exact) mass is 299 g/mol. The van der Waals surface area contributed by atoms with E-state index >= 15 is 0 Å². The van der Waals surface area contributed by atoms with Crippen molar-refractivity contribution >= 4 is 22.6 Å². The fourth-order valence-electron chi connectivity index (χ4n) is 1.96.